The molecule has 0 spiro atoms. The van der Waals surface area contributed by atoms with Crippen LogP contribution in [-0.2, 0) is 15.1 Å². The van der Waals surface area contributed by atoms with Gasteiger partial charge in [0.1, 0.15) is 17.3 Å². The fourth-order valence-corrected chi connectivity index (χ4v) is 2.97. The van der Waals surface area contributed by atoms with Crippen LogP contribution in [0, 0.1) is 0 Å². The first-order valence-electron chi connectivity index (χ1n) is 7.22. The molecule has 2 aliphatic heterocycles. The van der Waals surface area contributed by atoms with E-state index in [4.69, 9.17) is 21.1 Å². The molecular formula is C16H20ClNO3. The normalized spacial score (nSPS) is 28.0. The number of halogens is 1. The summed E-state index contributed by atoms with van der Waals surface area (Å²) in [4.78, 5) is 13.8. The summed E-state index contributed by atoms with van der Waals surface area (Å²) in [6.45, 7) is 6.85. The first-order chi connectivity index (χ1) is 9.80. The first kappa shape index (κ1) is 14.7. The third-order valence-electron chi connectivity index (χ3n) is 3.94. The molecule has 1 amide bonds. The lowest BCUT2D eigenvalue weighted by atomic mass is 9.89. The summed E-state index contributed by atoms with van der Waals surface area (Å²) in [5.74, 6) is 0. The molecule has 0 N–H and O–H groups in total. The predicted molar refractivity (Wildman–Crippen MR) is 80.4 cm³/mol. The third kappa shape index (κ3) is 2.87. The largest absolute Gasteiger partial charge is 0.444 e. The second-order valence-electron chi connectivity index (χ2n) is 6.68. The highest BCUT2D eigenvalue weighted by molar-refractivity contribution is 6.30. The standard InChI is InChI=1S/C16H20ClNO3/c1-15(2,3)21-14(19)18-9-8-16(13(10-18)20-16)11-4-6-12(17)7-5-11/h4-7,13H,8-10H2,1-3H3. The van der Waals surface area contributed by atoms with Gasteiger partial charge in [-0.1, -0.05) is 23.7 Å². The fraction of sp³-hybridized carbons (Fsp3) is 0.562. The molecule has 0 bridgehead atoms. The van der Waals surface area contributed by atoms with E-state index in [1.165, 1.54) is 0 Å². The second kappa shape index (κ2) is 4.89. The van der Waals surface area contributed by atoms with Crippen LogP contribution < -0.4 is 0 Å². The number of carbonyl (C=O) groups excluding carboxylic acids is 1. The highest BCUT2D eigenvalue weighted by Crippen LogP contribution is 2.52. The van der Waals surface area contributed by atoms with E-state index in [1.807, 2.05) is 45.0 Å². The van der Waals surface area contributed by atoms with Gasteiger partial charge in [0.15, 0.2) is 0 Å². The van der Waals surface area contributed by atoms with Gasteiger partial charge in [0.2, 0.25) is 0 Å². The Hall–Kier alpha value is -1.26. The number of carbonyl (C=O) groups is 1. The molecule has 3 rings (SSSR count). The molecule has 0 saturated carbocycles. The van der Waals surface area contributed by atoms with Gasteiger partial charge in [0.05, 0.1) is 6.54 Å². The smallest absolute Gasteiger partial charge is 0.410 e. The van der Waals surface area contributed by atoms with Gasteiger partial charge in [0, 0.05) is 18.0 Å². The Bertz CT molecular complexity index is 552. The predicted octanol–water partition coefficient (Wildman–Crippen LogP) is 3.57. The second-order valence-corrected chi connectivity index (χ2v) is 7.12. The zero-order valence-electron chi connectivity index (χ0n) is 12.6. The van der Waals surface area contributed by atoms with Crippen molar-refractivity contribution in [3.63, 3.8) is 0 Å². The van der Waals surface area contributed by atoms with Crippen molar-refractivity contribution in [2.75, 3.05) is 13.1 Å². The van der Waals surface area contributed by atoms with Crippen LogP contribution in [0.5, 0.6) is 0 Å². The van der Waals surface area contributed by atoms with Crippen molar-refractivity contribution in [1.29, 1.82) is 0 Å². The van der Waals surface area contributed by atoms with Crippen LogP contribution in [-0.4, -0.2) is 35.8 Å². The zero-order valence-corrected chi connectivity index (χ0v) is 13.3. The topological polar surface area (TPSA) is 42.1 Å². The number of amides is 1. The number of fused-ring (bicyclic) bond motifs is 1. The maximum atomic E-state index is 12.1. The summed E-state index contributed by atoms with van der Waals surface area (Å²) in [7, 11) is 0. The lowest BCUT2D eigenvalue weighted by Crippen LogP contribution is -2.44. The number of ether oxygens (including phenoxy) is 2. The quantitative estimate of drug-likeness (QED) is 0.745. The zero-order chi connectivity index (χ0) is 15.3. The molecule has 0 aliphatic carbocycles. The number of hydrogen-bond donors (Lipinski definition) is 0. The van der Waals surface area contributed by atoms with Crippen molar-refractivity contribution in [3.05, 3.63) is 34.9 Å². The summed E-state index contributed by atoms with van der Waals surface area (Å²) in [5, 5.41) is 0.721. The molecule has 5 heteroatoms. The van der Waals surface area contributed by atoms with Gasteiger partial charge in [-0.2, -0.15) is 0 Å². The minimum Gasteiger partial charge on any atom is -0.444 e. The minimum absolute atomic E-state index is 0.0555. The molecule has 114 valence electrons. The highest BCUT2D eigenvalue weighted by Gasteiger charge is 2.60. The number of rotatable bonds is 1. The lowest BCUT2D eigenvalue weighted by molar-refractivity contribution is 0.0217. The van der Waals surface area contributed by atoms with E-state index in [-0.39, 0.29) is 17.8 Å². The minimum atomic E-state index is -0.466. The van der Waals surface area contributed by atoms with Gasteiger partial charge in [-0.15, -0.1) is 0 Å². The van der Waals surface area contributed by atoms with Crippen LogP contribution in [0.15, 0.2) is 24.3 Å². The van der Waals surface area contributed by atoms with E-state index in [9.17, 15) is 4.79 Å². The van der Waals surface area contributed by atoms with Crippen molar-refractivity contribution >= 4 is 17.7 Å². The van der Waals surface area contributed by atoms with Gasteiger partial charge >= 0.3 is 6.09 Å². The summed E-state index contributed by atoms with van der Waals surface area (Å²) in [6.07, 6.45) is 0.584. The molecule has 2 aliphatic rings. The molecule has 2 saturated heterocycles. The molecule has 1 aromatic rings. The first-order valence-corrected chi connectivity index (χ1v) is 7.60. The van der Waals surface area contributed by atoms with E-state index in [0.717, 1.165) is 17.0 Å². The average Bonchev–Trinajstić information content (AvgIpc) is 3.11. The van der Waals surface area contributed by atoms with Gasteiger partial charge in [0.25, 0.3) is 0 Å². The summed E-state index contributed by atoms with van der Waals surface area (Å²) >= 11 is 5.93. The van der Waals surface area contributed by atoms with E-state index in [0.29, 0.717) is 13.1 Å². The number of nitrogens with zero attached hydrogens (tertiary/aromatic N) is 1. The SMILES string of the molecule is CC(C)(C)OC(=O)N1CCC2(c3ccc(Cl)cc3)OC2C1. The van der Waals surface area contributed by atoms with E-state index < -0.39 is 5.60 Å². The maximum Gasteiger partial charge on any atom is 0.410 e. The molecule has 1 aromatic carbocycles. The summed E-state index contributed by atoms with van der Waals surface area (Å²) in [6, 6.07) is 7.77. The van der Waals surface area contributed by atoms with Crippen LogP contribution in [0.3, 0.4) is 0 Å². The van der Waals surface area contributed by atoms with Crippen LogP contribution in [0.25, 0.3) is 0 Å². The van der Waals surface area contributed by atoms with Crippen LogP contribution in [0.4, 0.5) is 4.79 Å². The van der Waals surface area contributed by atoms with Crippen molar-refractivity contribution in [2.24, 2.45) is 0 Å². The Morgan fingerprint density at radius 2 is 2.05 bits per heavy atom. The molecule has 2 unspecified atom stereocenters. The summed E-state index contributed by atoms with van der Waals surface area (Å²) in [5.41, 5.74) is 0.440. The van der Waals surface area contributed by atoms with Crippen LogP contribution in [0.2, 0.25) is 5.02 Å². The monoisotopic (exact) mass is 309 g/mol. The van der Waals surface area contributed by atoms with Crippen molar-refractivity contribution in [2.45, 2.75) is 44.5 Å². The maximum absolute atomic E-state index is 12.1. The summed E-state index contributed by atoms with van der Waals surface area (Å²) < 4.78 is 11.3. The fourth-order valence-electron chi connectivity index (χ4n) is 2.84. The average molecular weight is 310 g/mol. The molecule has 0 radical (unpaired) electrons. The Morgan fingerprint density at radius 3 is 2.62 bits per heavy atom. The Balaban J connectivity index is 1.65. The van der Waals surface area contributed by atoms with E-state index in [2.05, 4.69) is 0 Å². The van der Waals surface area contributed by atoms with E-state index in [1.54, 1.807) is 4.90 Å². The van der Waals surface area contributed by atoms with Crippen molar-refractivity contribution < 1.29 is 14.3 Å². The molecular weight excluding hydrogens is 290 g/mol. The third-order valence-corrected chi connectivity index (χ3v) is 4.19. The number of epoxide rings is 1. The molecule has 2 heterocycles. The number of piperidine rings is 1. The Morgan fingerprint density at radius 1 is 1.38 bits per heavy atom. The molecule has 2 fully saturated rings. The molecule has 4 nitrogen and oxygen atoms in total. The van der Waals surface area contributed by atoms with Crippen LogP contribution in [0.1, 0.15) is 32.8 Å². The highest BCUT2D eigenvalue weighted by atomic mass is 35.5. The van der Waals surface area contributed by atoms with Gasteiger partial charge in [-0.3, -0.25) is 0 Å². The Labute approximate surface area is 130 Å². The van der Waals surface area contributed by atoms with Gasteiger partial charge in [-0.25, -0.2) is 4.79 Å². The molecule has 2 atom stereocenters. The van der Waals surface area contributed by atoms with Crippen molar-refractivity contribution in [3.8, 4) is 0 Å². The lowest BCUT2D eigenvalue weighted by Gasteiger charge is -2.31. The Kier molecular flexibility index (Phi) is 3.41. The van der Waals surface area contributed by atoms with E-state index >= 15 is 0 Å². The van der Waals surface area contributed by atoms with Gasteiger partial charge < -0.3 is 14.4 Å². The van der Waals surface area contributed by atoms with Gasteiger partial charge in [-0.05, 0) is 38.5 Å². The molecule has 21 heavy (non-hydrogen) atoms. The van der Waals surface area contributed by atoms with Crippen molar-refractivity contribution in [1.82, 2.24) is 4.90 Å². The number of hydrogen-bond acceptors (Lipinski definition) is 3. The molecule has 0 aromatic heterocycles. The number of likely N-dealkylation sites (tertiary alicyclic amines) is 1. The number of benzene rings is 1. The van der Waals surface area contributed by atoms with Crippen LogP contribution >= 0.6 is 11.6 Å².